The van der Waals surface area contributed by atoms with Crippen LogP contribution in [0.15, 0.2) is 59.8 Å². The van der Waals surface area contributed by atoms with Crippen molar-refractivity contribution in [3.8, 4) is 5.75 Å². The molecule has 0 bridgehead atoms. The molecule has 134 valence electrons. The molecule has 0 fully saturated rings. The van der Waals surface area contributed by atoms with E-state index in [1.807, 2.05) is 36.9 Å². The Bertz CT molecular complexity index is 896. The fourth-order valence-corrected chi connectivity index (χ4v) is 3.76. The summed E-state index contributed by atoms with van der Waals surface area (Å²) in [5.74, 6) is -0.0493. The Kier molecular flexibility index (Phi) is 5.30. The van der Waals surface area contributed by atoms with E-state index in [0.29, 0.717) is 33.4 Å². The van der Waals surface area contributed by atoms with Gasteiger partial charge in [0.2, 0.25) is 0 Å². The smallest absolute Gasteiger partial charge is 0.193 e. The average molecular weight is 387 g/mol. The quantitative estimate of drug-likeness (QED) is 0.600. The lowest BCUT2D eigenvalue weighted by molar-refractivity contribution is 0.102. The van der Waals surface area contributed by atoms with Crippen molar-refractivity contribution < 1.29 is 9.90 Å². The van der Waals surface area contributed by atoms with Gasteiger partial charge in [-0.15, -0.1) is 0 Å². The summed E-state index contributed by atoms with van der Waals surface area (Å²) >= 11 is 11.6. The standard InChI is InChI=1S/C20H19ClN2O2S/c1-3-23-12(2)17(19(25)13-7-5-4-6-8-13)18(22-20(23)26)15-11-14(21)9-10-16(15)24/h4-11,18,24H,3H2,1-2H3,(H,22,26). The monoisotopic (exact) mass is 386 g/mol. The van der Waals surface area contributed by atoms with Gasteiger partial charge < -0.3 is 15.3 Å². The molecule has 0 saturated carbocycles. The van der Waals surface area contributed by atoms with Crippen LogP contribution >= 0.6 is 23.8 Å². The topological polar surface area (TPSA) is 52.6 Å². The Labute approximate surface area is 163 Å². The van der Waals surface area contributed by atoms with Gasteiger partial charge in [0.15, 0.2) is 10.9 Å². The Morgan fingerprint density at radius 2 is 1.96 bits per heavy atom. The lowest BCUT2D eigenvalue weighted by Gasteiger charge is -2.37. The first-order valence-corrected chi connectivity index (χ1v) is 9.09. The van der Waals surface area contributed by atoms with Crippen LogP contribution in [-0.4, -0.2) is 27.4 Å². The van der Waals surface area contributed by atoms with Gasteiger partial charge in [-0.1, -0.05) is 41.9 Å². The van der Waals surface area contributed by atoms with Gasteiger partial charge in [0.25, 0.3) is 0 Å². The summed E-state index contributed by atoms with van der Waals surface area (Å²) in [5.41, 5.74) is 2.42. The molecule has 4 nitrogen and oxygen atoms in total. The molecule has 2 N–H and O–H groups in total. The van der Waals surface area contributed by atoms with E-state index in [-0.39, 0.29) is 11.5 Å². The third kappa shape index (κ3) is 3.32. The lowest BCUT2D eigenvalue weighted by Crippen LogP contribution is -2.47. The molecule has 1 heterocycles. The van der Waals surface area contributed by atoms with E-state index in [4.69, 9.17) is 23.8 Å². The fraction of sp³-hybridized carbons (Fsp3) is 0.200. The molecule has 1 atom stereocenters. The number of thiocarbonyl (C=S) groups is 1. The number of carbonyl (C=O) groups excluding carboxylic acids is 1. The second kappa shape index (κ2) is 7.48. The number of rotatable bonds is 4. The molecule has 0 radical (unpaired) electrons. The van der Waals surface area contributed by atoms with E-state index >= 15 is 0 Å². The Morgan fingerprint density at radius 3 is 2.62 bits per heavy atom. The number of phenols is 1. The van der Waals surface area contributed by atoms with E-state index in [0.717, 1.165) is 5.70 Å². The van der Waals surface area contributed by atoms with Crippen molar-refractivity contribution in [2.24, 2.45) is 0 Å². The van der Waals surface area contributed by atoms with Gasteiger partial charge in [-0.3, -0.25) is 4.79 Å². The predicted molar refractivity (Wildman–Crippen MR) is 107 cm³/mol. The van der Waals surface area contributed by atoms with Gasteiger partial charge in [-0.2, -0.15) is 0 Å². The number of halogens is 1. The molecule has 0 aliphatic carbocycles. The summed E-state index contributed by atoms with van der Waals surface area (Å²) in [6.07, 6.45) is 0. The molecule has 1 aliphatic rings. The fourth-order valence-electron chi connectivity index (χ4n) is 3.19. The number of allylic oxidation sites excluding steroid dienone is 1. The number of nitrogens with zero attached hydrogens (tertiary/aromatic N) is 1. The van der Waals surface area contributed by atoms with Crippen molar-refractivity contribution in [1.29, 1.82) is 0 Å². The van der Waals surface area contributed by atoms with Crippen LogP contribution in [-0.2, 0) is 0 Å². The van der Waals surface area contributed by atoms with Gasteiger partial charge in [0, 0.05) is 34.0 Å². The van der Waals surface area contributed by atoms with Crippen LogP contribution in [0.2, 0.25) is 5.02 Å². The van der Waals surface area contributed by atoms with Crippen molar-refractivity contribution in [2.45, 2.75) is 19.9 Å². The first kappa shape index (κ1) is 18.4. The summed E-state index contributed by atoms with van der Waals surface area (Å²) in [4.78, 5) is 15.2. The molecular formula is C20H19ClN2O2S. The minimum atomic E-state index is -0.572. The van der Waals surface area contributed by atoms with Gasteiger partial charge in [-0.05, 0) is 44.3 Å². The summed E-state index contributed by atoms with van der Waals surface area (Å²) in [6, 6.07) is 13.3. The summed E-state index contributed by atoms with van der Waals surface area (Å²) in [7, 11) is 0. The van der Waals surface area contributed by atoms with E-state index in [2.05, 4.69) is 5.32 Å². The minimum absolute atomic E-state index is 0.0609. The Morgan fingerprint density at radius 1 is 1.27 bits per heavy atom. The van der Waals surface area contributed by atoms with Crippen LogP contribution in [0.5, 0.6) is 5.75 Å². The van der Waals surface area contributed by atoms with Crippen LogP contribution in [0.4, 0.5) is 0 Å². The molecule has 1 unspecified atom stereocenters. The van der Waals surface area contributed by atoms with E-state index < -0.39 is 6.04 Å². The van der Waals surface area contributed by atoms with Crippen molar-refractivity contribution >= 4 is 34.7 Å². The summed E-state index contributed by atoms with van der Waals surface area (Å²) < 4.78 is 0. The molecular weight excluding hydrogens is 368 g/mol. The van der Waals surface area contributed by atoms with Gasteiger partial charge in [0.1, 0.15) is 5.75 Å². The van der Waals surface area contributed by atoms with Crippen molar-refractivity contribution in [1.82, 2.24) is 10.2 Å². The first-order chi connectivity index (χ1) is 12.4. The molecule has 6 heteroatoms. The highest BCUT2D eigenvalue weighted by Gasteiger charge is 2.34. The minimum Gasteiger partial charge on any atom is -0.508 e. The van der Waals surface area contributed by atoms with Crippen molar-refractivity contribution in [3.63, 3.8) is 0 Å². The largest absolute Gasteiger partial charge is 0.508 e. The van der Waals surface area contributed by atoms with Crippen molar-refractivity contribution in [2.75, 3.05) is 6.54 Å². The zero-order valence-corrected chi connectivity index (χ0v) is 16.1. The molecule has 3 rings (SSSR count). The van der Waals surface area contributed by atoms with Crippen molar-refractivity contribution in [3.05, 3.63) is 76.0 Å². The molecule has 26 heavy (non-hydrogen) atoms. The first-order valence-electron chi connectivity index (χ1n) is 8.31. The number of aromatic hydroxyl groups is 1. The number of nitrogens with one attached hydrogen (secondary N) is 1. The molecule has 0 spiro atoms. The van der Waals surface area contributed by atoms with Crippen LogP contribution < -0.4 is 5.32 Å². The number of phenolic OH excluding ortho intramolecular Hbond substituents is 1. The number of hydrogen-bond donors (Lipinski definition) is 2. The van der Waals surface area contributed by atoms with E-state index in [9.17, 15) is 9.90 Å². The Balaban J connectivity index is 2.18. The van der Waals surface area contributed by atoms with Gasteiger partial charge >= 0.3 is 0 Å². The maximum Gasteiger partial charge on any atom is 0.193 e. The number of benzene rings is 2. The molecule has 0 saturated heterocycles. The second-order valence-electron chi connectivity index (χ2n) is 6.02. The lowest BCUT2D eigenvalue weighted by atomic mass is 9.89. The second-order valence-corrected chi connectivity index (χ2v) is 6.85. The Hall–Kier alpha value is -2.37. The normalized spacial score (nSPS) is 17.3. The SMILES string of the molecule is CCN1C(=S)NC(c2cc(Cl)ccc2O)C(C(=O)c2ccccc2)=C1C. The average Bonchev–Trinajstić information content (AvgIpc) is 2.64. The molecule has 1 aliphatic heterocycles. The number of Topliss-reactive ketones (excluding diaryl/α,β-unsaturated/α-hetero) is 1. The highest BCUT2D eigenvalue weighted by molar-refractivity contribution is 7.80. The zero-order valence-electron chi connectivity index (χ0n) is 14.5. The molecule has 0 aromatic heterocycles. The van der Waals surface area contributed by atoms with Crippen LogP contribution in [0.25, 0.3) is 0 Å². The third-order valence-electron chi connectivity index (χ3n) is 4.49. The van der Waals surface area contributed by atoms with Crippen LogP contribution in [0, 0.1) is 0 Å². The molecule has 0 amide bonds. The zero-order chi connectivity index (χ0) is 18.8. The van der Waals surface area contributed by atoms with Crippen LogP contribution in [0.1, 0.15) is 35.8 Å². The van der Waals surface area contributed by atoms with Gasteiger partial charge in [0.05, 0.1) is 6.04 Å². The molecule has 2 aromatic carbocycles. The maximum absolute atomic E-state index is 13.3. The van der Waals surface area contributed by atoms with E-state index in [1.165, 1.54) is 6.07 Å². The van der Waals surface area contributed by atoms with Gasteiger partial charge in [-0.25, -0.2) is 0 Å². The van der Waals surface area contributed by atoms with Crippen LogP contribution in [0.3, 0.4) is 0 Å². The maximum atomic E-state index is 13.3. The number of ketones is 1. The highest BCUT2D eigenvalue weighted by atomic mass is 35.5. The number of hydrogen-bond acceptors (Lipinski definition) is 3. The molecule has 2 aromatic rings. The third-order valence-corrected chi connectivity index (χ3v) is 5.07. The highest BCUT2D eigenvalue weighted by Crippen LogP contribution is 2.37. The predicted octanol–water partition coefficient (Wildman–Crippen LogP) is 4.45. The summed E-state index contributed by atoms with van der Waals surface area (Å²) in [6.45, 7) is 4.48. The number of carbonyl (C=O) groups is 1. The van der Waals surface area contributed by atoms with E-state index in [1.54, 1.807) is 24.3 Å². The summed E-state index contributed by atoms with van der Waals surface area (Å²) in [5, 5.41) is 14.5.